The molecule has 0 amide bonds. The van der Waals surface area contributed by atoms with Crippen LogP contribution in [0.4, 0.5) is 5.95 Å². The van der Waals surface area contributed by atoms with E-state index in [9.17, 15) is 9.90 Å². The minimum absolute atomic E-state index is 0.0492. The molecule has 0 aliphatic carbocycles. The number of ether oxygens (including phenoxy) is 4. The first-order chi connectivity index (χ1) is 22.3. The fourth-order valence-electron chi connectivity index (χ4n) is 5.61. The number of nitrogens with zero attached hydrogens (tertiary/aromatic N) is 5. The van der Waals surface area contributed by atoms with Gasteiger partial charge >= 0.3 is 0 Å². The average molecular weight is 625 g/mol. The van der Waals surface area contributed by atoms with Crippen LogP contribution in [0.3, 0.4) is 0 Å². The summed E-state index contributed by atoms with van der Waals surface area (Å²) in [5.74, 6) is 1.58. The Morgan fingerprint density at radius 2 is 1.61 bits per heavy atom. The summed E-state index contributed by atoms with van der Waals surface area (Å²) in [5, 5.41) is 16.0. The van der Waals surface area contributed by atoms with Crippen LogP contribution in [0.2, 0.25) is 0 Å². The fraction of sp³-hybridized carbons (Fsp3) is 0.294. The minimum atomic E-state index is -1.07. The average Bonchev–Trinajstić information content (AvgIpc) is 3.69. The maximum absolute atomic E-state index is 12.7. The molecule has 12 heteroatoms. The predicted octanol–water partition coefficient (Wildman–Crippen LogP) is 4.02. The van der Waals surface area contributed by atoms with Crippen LogP contribution in [0.25, 0.3) is 11.0 Å². The highest BCUT2D eigenvalue weighted by molar-refractivity contribution is 5.74. The molecule has 1 aliphatic rings. The molecule has 46 heavy (non-hydrogen) atoms. The van der Waals surface area contributed by atoms with Gasteiger partial charge in [-0.05, 0) is 41.0 Å². The van der Waals surface area contributed by atoms with Crippen molar-refractivity contribution < 1.29 is 24.1 Å². The molecule has 0 radical (unpaired) electrons. The normalized spacial score (nSPS) is 18.3. The van der Waals surface area contributed by atoms with Crippen molar-refractivity contribution in [2.45, 2.75) is 30.5 Å². The molecule has 1 aliphatic heterocycles. The van der Waals surface area contributed by atoms with Crippen LogP contribution < -0.4 is 15.0 Å². The van der Waals surface area contributed by atoms with Gasteiger partial charge in [-0.2, -0.15) is 4.98 Å². The monoisotopic (exact) mass is 624 g/mol. The van der Waals surface area contributed by atoms with E-state index in [-0.39, 0.29) is 30.2 Å². The zero-order valence-electron chi connectivity index (χ0n) is 26.0. The number of aliphatic imine (C=N–C) groups is 1. The number of aromatic amines is 1. The zero-order chi connectivity index (χ0) is 32.3. The fourth-order valence-corrected chi connectivity index (χ4v) is 5.61. The van der Waals surface area contributed by atoms with Crippen molar-refractivity contribution in [1.82, 2.24) is 24.6 Å². The SMILES string of the molecule is COc1ccc(C(OC[C@H]2O[C@@H](n3cc4c(=O)[nH]c(N=CN(C)C)nc4n3)C[C@@H]2O)(c2ccccc2)c2ccc(OC)cc2)cc1. The zero-order valence-corrected chi connectivity index (χ0v) is 26.0. The van der Waals surface area contributed by atoms with Gasteiger partial charge in [0.15, 0.2) is 11.9 Å². The Kier molecular flexibility index (Phi) is 8.84. The summed E-state index contributed by atoms with van der Waals surface area (Å²) in [6.45, 7) is 0.0492. The van der Waals surface area contributed by atoms with E-state index >= 15 is 0 Å². The lowest BCUT2D eigenvalue weighted by Crippen LogP contribution is -2.38. The summed E-state index contributed by atoms with van der Waals surface area (Å²) in [4.78, 5) is 25.7. The number of nitrogens with one attached hydrogen (secondary N) is 1. The summed E-state index contributed by atoms with van der Waals surface area (Å²) >= 11 is 0. The third-order valence-corrected chi connectivity index (χ3v) is 7.94. The van der Waals surface area contributed by atoms with Gasteiger partial charge in [0, 0.05) is 26.7 Å². The molecule has 5 aromatic rings. The van der Waals surface area contributed by atoms with Crippen molar-refractivity contribution in [2.75, 3.05) is 34.9 Å². The maximum Gasteiger partial charge on any atom is 0.263 e. The molecule has 3 heterocycles. The van der Waals surface area contributed by atoms with E-state index in [1.54, 1.807) is 25.3 Å². The van der Waals surface area contributed by atoms with Gasteiger partial charge in [0.25, 0.3) is 5.56 Å². The number of hydrogen-bond donors (Lipinski definition) is 2. The summed E-state index contributed by atoms with van der Waals surface area (Å²) in [6.07, 6.45) is 1.17. The van der Waals surface area contributed by atoms with Crippen molar-refractivity contribution in [3.05, 3.63) is 112 Å². The second kappa shape index (κ2) is 13.1. The number of fused-ring (bicyclic) bond motifs is 1. The van der Waals surface area contributed by atoms with Crippen molar-refractivity contribution in [1.29, 1.82) is 0 Å². The molecule has 3 atom stereocenters. The molecular formula is C34H36N6O6. The Morgan fingerprint density at radius 1 is 1.00 bits per heavy atom. The minimum Gasteiger partial charge on any atom is -0.497 e. The van der Waals surface area contributed by atoms with Gasteiger partial charge in [-0.3, -0.25) is 9.78 Å². The van der Waals surface area contributed by atoms with Crippen LogP contribution in [0.15, 0.2) is 94.8 Å². The van der Waals surface area contributed by atoms with Crippen LogP contribution in [0.1, 0.15) is 29.3 Å². The van der Waals surface area contributed by atoms with Crippen molar-refractivity contribution >= 4 is 23.3 Å². The third kappa shape index (κ3) is 6.10. The highest BCUT2D eigenvalue weighted by atomic mass is 16.6. The quantitative estimate of drug-likeness (QED) is 0.127. The van der Waals surface area contributed by atoms with E-state index in [0.29, 0.717) is 5.39 Å². The molecule has 3 aromatic carbocycles. The number of H-pyrrole nitrogens is 1. The number of aromatic nitrogens is 4. The number of aliphatic hydroxyl groups is 1. The number of benzene rings is 3. The summed E-state index contributed by atoms with van der Waals surface area (Å²) in [6, 6.07) is 25.4. The lowest BCUT2D eigenvalue weighted by molar-refractivity contribution is -0.0955. The number of aliphatic hydroxyl groups excluding tert-OH is 1. The van der Waals surface area contributed by atoms with Gasteiger partial charge in [-0.1, -0.05) is 54.6 Å². The second-order valence-corrected chi connectivity index (χ2v) is 11.2. The Labute approximate surface area is 265 Å². The topological polar surface area (TPSA) is 136 Å². The highest BCUT2D eigenvalue weighted by Gasteiger charge is 2.42. The largest absolute Gasteiger partial charge is 0.497 e. The number of hydrogen-bond acceptors (Lipinski definition) is 9. The molecule has 2 aromatic heterocycles. The first-order valence-electron chi connectivity index (χ1n) is 14.8. The van der Waals surface area contributed by atoms with Gasteiger partial charge < -0.3 is 29.0 Å². The molecule has 12 nitrogen and oxygen atoms in total. The smallest absolute Gasteiger partial charge is 0.263 e. The van der Waals surface area contributed by atoms with Gasteiger partial charge in [0.1, 0.15) is 28.6 Å². The summed E-state index contributed by atoms with van der Waals surface area (Å²) in [7, 11) is 6.88. The Balaban J connectivity index is 1.32. The van der Waals surface area contributed by atoms with E-state index in [1.165, 1.54) is 11.0 Å². The first-order valence-corrected chi connectivity index (χ1v) is 14.8. The summed E-state index contributed by atoms with van der Waals surface area (Å²) < 4.78 is 25.6. The standard InChI is InChI=1S/C34H36N6O6/c1-39(2)21-35-33-36-31-27(32(42)37-33)19-40(38-31)30-18-28(41)29(46-30)20-45-34(22-8-6-5-7-9-22,23-10-14-25(43-3)15-11-23)24-12-16-26(44-4)17-13-24/h5-17,19,21,28-30,41H,18,20H2,1-4H3,(H,36,37,38,42)/t28-,29+,30+/m0/s1. The van der Waals surface area contributed by atoms with Gasteiger partial charge in [-0.25, -0.2) is 9.67 Å². The molecule has 0 saturated carbocycles. The molecule has 238 valence electrons. The number of rotatable bonds is 11. The van der Waals surface area contributed by atoms with Crippen LogP contribution in [-0.4, -0.2) is 83.2 Å². The summed E-state index contributed by atoms with van der Waals surface area (Å²) in [5.41, 5.74) is 1.42. The Hall–Kier alpha value is -5.04. The van der Waals surface area contributed by atoms with Gasteiger partial charge in [0.2, 0.25) is 5.95 Å². The molecule has 1 fully saturated rings. The van der Waals surface area contributed by atoms with Crippen molar-refractivity contribution in [3.8, 4) is 11.5 Å². The van der Waals surface area contributed by atoms with Crippen LogP contribution in [0, 0.1) is 0 Å². The molecule has 0 bridgehead atoms. The molecule has 0 unspecified atom stereocenters. The maximum atomic E-state index is 12.7. The Bertz CT molecular complexity index is 1810. The Morgan fingerprint density at radius 3 is 2.20 bits per heavy atom. The highest BCUT2D eigenvalue weighted by Crippen LogP contribution is 2.42. The van der Waals surface area contributed by atoms with Crippen molar-refractivity contribution in [3.63, 3.8) is 0 Å². The number of methoxy groups -OCH3 is 2. The van der Waals surface area contributed by atoms with Gasteiger partial charge in [-0.15, -0.1) is 5.10 Å². The molecule has 2 N–H and O–H groups in total. The molecule has 1 saturated heterocycles. The lowest BCUT2D eigenvalue weighted by atomic mass is 9.80. The second-order valence-electron chi connectivity index (χ2n) is 11.2. The van der Waals surface area contributed by atoms with E-state index in [4.69, 9.17) is 18.9 Å². The third-order valence-electron chi connectivity index (χ3n) is 7.94. The van der Waals surface area contributed by atoms with Crippen LogP contribution in [-0.2, 0) is 15.1 Å². The van der Waals surface area contributed by atoms with E-state index in [0.717, 1.165) is 28.2 Å². The van der Waals surface area contributed by atoms with Crippen molar-refractivity contribution in [2.24, 2.45) is 4.99 Å². The lowest BCUT2D eigenvalue weighted by Gasteiger charge is -2.37. The molecular weight excluding hydrogens is 588 g/mol. The van der Waals surface area contributed by atoms with Crippen LogP contribution >= 0.6 is 0 Å². The van der Waals surface area contributed by atoms with Gasteiger partial charge in [0.05, 0.1) is 33.3 Å². The molecule has 6 rings (SSSR count). The van der Waals surface area contributed by atoms with E-state index in [2.05, 4.69) is 20.1 Å². The van der Waals surface area contributed by atoms with E-state index < -0.39 is 24.0 Å². The van der Waals surface area contributed by atoms with Crippen LogP contribution in [0.5, 0.6) is 11.5 Å². The van der Waals surface area contributed by atoms with E-state index in [1.807, 2.05) is 93.0 Å². The predicted molar refractivity (Wildman–Crippen MR) is 173 cm³/mol. The molecule has 0 spiro atoms. The first kappa shape index (κ1) is 31.0.